The van der Waals surface area contributed by atoms with Crippen molar-refractivity contribution in [1.29, 1.82) is 0 Å². The molecule has 2 aromatic heterocycles. The number of hydrogen-bond donors (Lipinski definition) is 1. The van der Waals surface area contributed by atoms with Crippen LogP contribution in [0.25, 0.3) is 11.0 Å². The Morgan fingerprint density at radius 2 is 2.12 bits per heavy atom. The smallest absolute Gasteiger partial charge is 0.317 e. The molecule has 2 fully saturated rings. The van der Waals surface area contributed by atoms with E-state index < -0.39 is 0 Å². The molecular formula is C17H25N7O2. The number of carbonyl (C=O) groups excluding carboxylic acids is 1. The number of rotatable bonds is 3. The minimum absolute atomic E-state index is 0.00645. The predicted octanol–water partition coefficient (Wildman–Crippen LogP) is 0.764. The maximum atomic E-state index is 12.4. The van der Waals surface area contributed by atoms with Gasteiger partial charge in [-0.3, -0.25) is 4.68 Å². The van der Waals surface area contributed by atoms with Gasteiger partial charge in [0.15, 0.2) is 5.65 Å². The number of aryl methyl sites for hydroxylation is 1. The summed E-state index contributed by atoms with van der Waals surface area (Å²) < 4.78 is 7.42. The van der Waals surface area contributed by atoms with Crippen molar-refractivity contribution in [2.45, 2.75) is 25.4 Å². The second kappa shape index (κ2) is 7.45. The zero-order chi connectivity index (χ0) is 17.9. The van der Waals surface area contributed by atoms with Gasteiger partial charge in [-0.2, -0.15) is 5.10 Å². The average molecular weight is 359 g/mol. The molecule has 140 valence electrons. The molecular weight excluding hydrogens is 334 g/mol. The first-order chi connectivity index (χ1) is 12.7. The number of aromatic nitrogens is 4. The van der Waals surface area contributed by atoms with Gasteiger partial charge in [-0.15, -0.1) is 0 Å². The fraction of sp³-hybridized carbons (Fsp3) is 0.647. The summed E-state index contributed by atoms with van der Waals surface area (Å²) in [4.78, 5) is 25.2. The number of ether oxygens (including phenoxy) is 1. The Hall–Kier alpha value is -2.42. The summed E-state index contributed by atoms with van der Waals surface area (Å²) in [5.74, 6) is 0.888. The topological polar surface area (TPSA) is 88.4 Å². The fourth-order valence-electron chi connectivity index (χ4n) is 3.60. The number of urea groups is 1. The molecule has 2 amide bonds. The molecule has 2 aromatic rings. The number of hydrogen-bond acceptors (Lipinski definition) is 6. The number of piperazine rings is 1. The van der Waals surface area contributed by atoms with Crippen LogP contribution < -0.4 is 10.2 Å². The van der Waals surface area contributed by atoms with E-state index in [-0.39, 0.29) is 12.1 Å². The lowest BCUT2D eigenvalue weighted by atomic mass is 10.1. The Morgan fingerprint density at radius 1 is 1.27 bits per heavy atom. The Morgan fingerprint density at radius 3 is 2.88 bits per heavy atom. The molecule has 1 N–H and O–H groups in total. The summed E-state index contributed by atoms with van der Waals surface area (Å²) in [6.45, 7) is 4.23. The van der Waals surface area contributed by atoms with Crippen molar-refractivity contribution < 1.29 is 9.53 Å². The quantitative estimate of drug-likeness (QED) is 0.871. The molecule has 2 aliphatic heterocycles. The van der Waals surface area contributed by atoms with Gasteiger partial charge in [0.05, 0.1) is 17.7 Å². The van der Waals surface area contributed by atoms with E-state index in [1.54, 1.807) is 17.2 Å². The van der Waals surface area contributed by atoms with Crippen molar-refractivity contribution in [2.75, 3.05) is 44.2 Å². The van der Waals surface area contributed by atoms with Crippen molar-refractivity contribution in [2.24, 2.45) is 7.05 Å². The van der Waals surface area contributed by atoms with E-state index in [4.69, 9.17) is 4.74 Å². The highest BCUT2D eigenvalue weighted by molar-refractivity contribution is 5.86. The van der Waals surface area contributed by atoms with Crippen molar-refractivity contribution >= 4 is 22.9 Å². The zero-order valence-corrected chi connectivity index (χ0v) is 15.1. The van der Waals surface area contributed by atoms with Gasteiger partial charge in [0, 0.05) is 46.4 Å². The van der Waals surface area contributed by atoms with Crippen molar-refractivity contribution in [3.8, 4) is 0 Å². The Balaban J connectivity index is 1.32. The van der Waals surface area contributed by atoms with Crippen LogP contribution in [0.1, 0.15) is 19.3 Å². The van der Waals surface area contributed by atoms with E-state index in [0.29, 0.717) is 19.6 Å². The number of nitrogens with zero attached hydrogens (tertiary/aromatic N) is 6. The van der Waals surface area contributed by atoms with Gasteiger partial charge in [-0.1, -0.05) is 0 Å². The molecule has 0 saturated carbocycles. The van der Waals surface area contributed by atoms with Crippen molar-refractivity contribution in [3.05, 3.63) is 12.5 Å². The number of carbonyl (C=O) groups is 1. The minimum Gasteiger partial charge on any atom is -0.376 e. The molecule has 0 bridgehead atoms. The van der Waals surface area contributed by atoms with E-state index >= 15 is 0 Å². The van der Waals surface area contributed by atoms with Gasteiger partial charge in [-0.05, 0) is 19.3 Å². The van der Waals surface area contributed by atoms with Gasteiger partial charge in [0.1, 0.15) is 12.1 Å². The summed E-state index contributed by atoms with van der Waals surface area (Å²) in [6.07, 6.45) is 6.87. The van der Waals surface area contributed by atoms with E-state index in [1.807, 2.05) is 11.9 Å². The largest absolute Gasteiger partial charge is 0.376 e. The Labute approximate surface area is 152 Å². The number of fused-ring (bicyclic) bond motifs is 1. The maximum absolute atomic E-state index is 12.4. The molecule has 0 aliphatic carbocycles. The van der Waals surface area contributed by atoms with Crippen LogP contribution in [0.5, 0.6) is 0 Å². The molecule has 2 saturated heterocycles. The highest BCUT2D eigenvalue weighted by Crippen LogP contribution is 2.23. The maximum Gasteiger partial charge on any atom is 0.317 e. The molecule has 2 aliphatic rings. The monoisotopic (exact) mass is 359 g/mol. The van der Waals surface area contributed by atoms with Crippen molar-refractivity contribution in [1.82, 2.24) is 30.0 Å². The van der Waals surface area contributed by atoms with Crippen LogP contribution in [0.15, 0.2) is 12.5 Å². The standard InChI is InChI=1S/C17H25N7O2/c1-22-15-14(11-21-22)16(20-12-19-15)23-5-7-24(8-6-23)17(25)18-10-13-4-2-3-9-26-13/h11-13H,2-10H2,1H3,(H,18,25). The predicted molar refractivity (Wildman–Crippen MR) is 97.1 cm³/mol. The summed E-state index contributed by atoms with van der Waals surface area (Å²) in [5.41, 5.74) is 0.822. The van der Waals surface area contributed by atoms with E-state index in [9.17, 15) is 4.79 Å². The highest BCUT2D eigenvalue weighted by atomic mass is 16.5. The number of anilines is 1. The summed E-state index contributed by atoms with van der Waals surface area (Å²) in [5, 5.41) is 8.23. The first-order valence-electron chi connectivity index (χ1n) is 9.24. The van der Waals surface area contributed by atoms with Crippen LogP contribution >= 0.6 is 0 Å². The second-order valence-corrected chi connectivity index (χ2v) is 6.85. The summed E-state index contributed by atoms with van der Waals surface area (Å²) >= 11 is 0. The third-order valence-corrected chi connectivity index (χ3v) is 5.13. The third kappa shape index (κ3) is 3.44. The third-order valence-electron chi connectivity index (χ3n) is 5.13. The molecule has 26 heavy (non-hydrogen) atoms. The second-order valence-electron chi connectivity index (χ2n) is 6.85. The van der Waals surface area contributed by atoms with E-state index in [0.717, 1.165) is 49.4 Å². The molecule has 0 radical (unpaired) electrons. The van der Waals surface area contributed by atoms with Gasteiger partial charge in [0.2, 0.25) is 0 Å². The molecule has 1 unspecified atom stereocenters. The zero-order valence-electron chi connectivity index (χ0n) is 15.1. The van der Waals surface area contributed by atoms with Crippen LogP contribution in [0.3, 0.4) is 0 Å². The summed E-state index contributed by atoms with van der Waals surface area (Å²) in [7, 11) is 1.87. The van der Waals surface area contributed by atoms with Crippen LogP contribution in [0.4, 0.5) is 10.6 Å². The normalized spacial score (nSPS) is 21.2. The van der Waals surface area contributed by atoms with Crippen molar-refractivity contribution in [3.63, 3.8) is 0 Å². The lowest BCUT2D eigenvalue weighted by Gasteiger charge is -2.35. The summed E-state index contributed by atoms with van der Waals surface area (Å²) in [6, 6.07) is -0.00645. The molecule has 4 rings (SSSR count). The van der Waals surface area contributed by atoms with Crippen LogP contribution in [0.2, 0.25) is 0 Å². The average Bonchev–Trinajstić information content (AvgIpc) is 3.08. The lowest BCUT2D eigenvalue weighted by molar-refractivity contribution is 0.0177. The first kappa shape index (κ1) is 17.0. The van der Waals surface area contributed by atoms with Crippen LogP contribution in [-0.4, -0.2) is 76.1 Å². The van der Waals surface area contributed by atoms with E-state index in [1.165, 1.54) is 6.42 Å². The lowest BCUT2D eigenvalue weighted by Crippen LogP contribution is -2.53. The fourth-order valence-corrected chi connectivity index (χ4v) is 3.60. The minimum atomic E-state index is -0.00645. The Bertz CT molecular complexity index is 764. The van der Waals surface area contributed by atoms with Crippen LogP contribution in [0, 0.1) is 0 Å². The molecule has 0 aromatic carbocycles. The SMILES string of the molecule is Cn1ncc2c(N3CCN(C(=O)NCC4CCCCO4)CC3)ncnc21. The van der Waals surface area contributed by atoms with Gasteiger partial charge < -0.3 is 19.9 Å². The van der Waals surface area contributed by atoms with E-state index in [2.05, 4.69) is 25.3 Å². The van der Waals surface area contributed by atoms with Gasteiger partial charge in [-0.25, -0.2) is 14.8 Å². The molecule has 0 spiro atoms. The first-order valence-corrected chi connectivity index (χ1v) is 9.24. The van der Waals surface area contributed by atoms with Gasteiger partial charge >= 0.3 is 6.03 Å². The molecule has 4 heterocycles. The molecule has 1 atom stereocenters. The van der Waals surface area contributed by atoms with Gasteiger partial charge in [0.25, 0.3) is 0 Å². The number of nitrogens with one attached hydrogen (secondary N) is 1. The molecule has 9 heteroatoms. The van der Waals surface area contributed by atoms with Crippen LogP contribution in [-0.2, 0) is 11.8 Å². The molecule has 9 nitrogen and oxygen atoms in total. The Kier molecular flexibility index (Phi) is 4.87. The highest BCUT2D eigenvalue weighted by Gasteiger charge is 2.24. The number of amides is 2.